The summed E-state index contributed by atoms with van der Waals surface area (Å²) in [6, 6.07) is 3.19. The number of rotatable bonds is 4. The number of sulfonamides is 1. The third-order valence-electron chi connectivity index (χ3n) is 3.90. The van der Waals surface area contributed by atoms with E-state index in [0.717, 1.165) is 30.7 Å². The Labute approximate surface area is 146 Å². The van der Waals surface area contributed by atoms with E-state index in [1.54, 1.807) is 0 Å². The SMILES string of the molecule is O=S(=O)(Nc1cc(F)c(Br)cc1F)c1c[nH]c(C2CCOCC2)c1. The number of aromatic nitrogens is 1. The number of halogens is 3. The van der Waals surface area contributed by atoms with Gasteiger partial charge in [-0.2, -0.15) is 0 Å². The van der Waals surface area contributed by atoms with Gasteiger partial charge in [0.15, 0.2) is 0 Å². The molecular weight excluding hydrogens is 406 g/mol. The molecule has 3 rings (SSSR count). The van der Waals surface area contributed by atoms with Gasteiger partial charge >= 0.3 is 0 Å². The maximum atomic E-state index is 13.8. The molecule has 1 fully saturated rings. The molecule has 0 radical (unpaired) electrons. The van der Waals surface area contributed by atoms with Gasteiger partial charge in [0.2, 0.25) is 0 Å². The van der Waals surface area contributed by atoms with Crippen molar-refractivity contribution in [2.24, 2.45) is 0 Å². The Balaban J connectivity index is 1.83. The second-order valence-electron chi connectivity index (χ2n) is 5.53. The Morgan fingerprint density at radius 3 is 2.58 bits per heavy atom. The van der Waals surface area contributed by atoms with E-state index in [1.165, 1.54) is 12.3 Å². The average Bonchev–Trinajstić information content (AvgIpc) is 3.04. The van der Waals surface area contributed by atoms with Crippen molar-refractivity contribution in [3.8, 4) is 0 Å². The van der Waals surface area contributed by atoms with Crippen molar-refractivity contribution in [1.82, 2.24) is 4.98 Å². The van der Waals surface area contributed by atoms with Crippen molar-refractivity contribution in [2.45, 2.75) is 23.7 Å². The zero-order valence-corrected chi connectivity index (χ0v) is 14.9. The summed E-state index contributed by atoms with van der Waals surface area (Å²) >= 11 is 2.84. The first-order valence-corrected chi connectivity index (χ1v) is 9.58. The molecule has 1 aliphatic heterocycles. The van der Waals surface area contributed by atoms with Crippen LogP contribution in [0.4, 0.5) is 14.5 Å². The molecule has 2 heterocycles. The highest BCUT2D eigenvalue weighted by molar-refractivity contribution is 9.10. The normalized spacial score (nSPS) is 16.3. The van der Waals surface area contributed by atoms with Crippen molar-refractivity contribution < 1.29 is 21.9 Å². The maximum Gasteiger partial charge on any atom is 0.263 e. The molecule has 24 heavy (non-hydrogen) atoms. The number of hydrogen-bond acceptors (Lipinski definition) is 3. The van der Waals surface area contributed by atoms with Crippen molar-refractivity contribution >= 4 is 31.6 Å². The molecule has 1 aromatic heterocycles. The second kappa shape index (κ2) is 6.81. The molecular formula is C15H15BrF2N2O3S. The third-order valence-corrected chi connectivity index (χ3v) is 5.86. The molecule has 2 N–H and O–H groups in total. The topological polar surface area (TPSA) is 71.2 Å². The minimum atomic E-state index is -4.02. The summed E-state index contributed by atoms with van der Waals surface area (Å²) in [4.78, 5) is 2.93. The van der Waals surface area contributed by atoms with E-state index in [0.29, 0.717) is 13.2 Å². The number of H-pyrrole nitrogens is 1. The fraction of sp³-hybridized carbons (Fsp3) is 0.333. The van der Waals surface area contributed by atoms with Gasteiger partial charge in [-0.05, 0) is 40.9 Å². The lowest BCUT2D eigenvalue weighted by Crippen LogP contribution is -2.15. The molecule has 0 unspecified atom stereocenters. The van der Waals surface area contributed by atoms with E-state index < -0.39 is 27.3 Å². The molecule has 5 nitrogen and oxygen atoms in total. The summed E-state index contributed by atoms with van der Waals surface area (Å²) in [5, 5.41) is 0. The lowest BCUT2D eigenvalue weighted by molar-refractivity contribution is 0.0846. The van der Waals surface area contributed by atoms with Gasteiger partial charge < -0.3 is 9.72 Å². The monoisotopic (exact) mass is 420 g/mol. The molecule has 0 aliphatic carbocycles. The highest BCUT2D eigenvalue weighted by atomic mass is 79.9. The van der Waals surface area contributed by atoms with Crippen molar-refractivity contribution in [2.75, 3.05) is 17.9 Å². The highest BCUT2D eigenvalue weighted by Crippen LogP contribution is 2.29. The average molecular weight is 421 g/mol. The Hall–Kier alpha value is -1.45. The fourth-order valence-corrected chi connectivity index (χ4v) is 3.97. The number of anilines is 1. The Morgan fingerprint density at radius 2 is 1.88 bits per heavy atom. The molecule has 0 amide bonds. The van der Waals surface area contributed by atoms with E-state index in [4.69, 9.17) is 4.74 Å². The van der Waals surface area contributed by atoms with Crippen molar-refractivity contribution in [1.29, 1.82) is 0 Å². The van der Waals surface area contributed by atoms with Crippen LogP contribution in [0.5, 0.6) is 0 Å². The van der Waals surface area contributed by atoms with Gasteiger partial charge in [0, 0.05) is 37.1 Å². The quantitative estimate of drug-likeness (QED) is 0.739. The van der Waals surface area contributed by atoms with Crippen molar-refractivity contribution in [3.63, 3.8) is 0 Å². The second-order valence-corrected chi connectivity index (χ2v) is 8.07. The van der Waals surface area contributed by atoms with Crippen LogP contribution < -0.4 is 4.72 Å². The van der Waals surface area contributed by atoms with Gasteiger partial charge in [-0.1, -0.05) is 0 Å². The van der Waals surface area contributed by atoms with Crippen LogP contribution in [0.3, 0.4) is 0 Å². The maximum absolute atomic E-state index is 13.8. The molecule has 1 aliphatic rings. The van der Waals surface area contributed by atoms with Gasteiger partial charge in [-0.15, -0.1) is 0 Å². The number of benzene rings is 1. The smallest absolute Gasteiger partial charge is 0.263 e. The van der Waals surface area contributed by atoms with Crippen LogP contribution in [-0.4, -0.2) is 26.6 Å². The summed E-state index contributed by atoms with van der Waals surface area (Å²) in [5.74, 6) is -1.43. The fourth-order valence-electron chi connectivity index (χ4n) is 2.59. The number of nitrogens with one attached hydrogen (secondary N) is 2. The zero-order chi connectivity index (χ0) is 17.3. The molecule has 0 atom stereocenters. The molecule has 130 valence electrons. The molecule has 1 saturated heterocycles. The van der Waals surface area contributed by atoms with E-state index in [9.17, 15) is 17.2 Å². The summed E-state index contributed by atoms with van der Waals surface area (Å²) < 4.78 is 59.4. The molecule has 1 aromatic carbocycles. The molecule has 0 bridgehead atoms. The van der Waals surface area contributed by atoms with Crippen LogP contribution in [-0.2, 0) is 14.8 Å². The van der Waals surface area contributed by atoms with Gasteiger partial charge in [-0.3, -0.25) is 4.72 Å². The molecule has 0 saturated carbocycles. The first kappa shape index (κ1) is 17.4. The summed E-state index contributed by atoms with van der Waals surface area (Å²) in [6.07, 6.45) is 2.96. The highest BCUT2D eigenvalue weighted by Gasteiger charge is 2.23. The van der Waals surface area contributed by atoms with Crippen molar-refractivity contribution in [3.05, 3.63) is 46.2 Å². The minimum absolute atomic E-state index is 0.0216. The van der Waals surface area contributed by atoms with Crippen LogP contribution in [0, 0.1) is 11.6 Å². The Kier molecular flexibility index (Phi) is 4.93. The molecule has 0 spiro atoms. The van der Waals surface area contributed by atoms with Gasteiger partial charge in [0.1, 0.15) is 16.5 Å². The minimum Gasteiger partial charge on any atom is -0.381 e. The summed E-state index contributed by atoms with van der Waals surface area (Å²) in [6.45, 7) is 1.26. The van der Waals surface area contributed by atoms with Crippen LogP contribution in [0.1, 0.15) is 24.5 Å². The Morgan fingerprint density at radius 1 is 1.17 bits per heavy atom. The van der Waals surface area contributed by atoms with E-state index in [2.05, 4.69) is 25.6 Å². The van der Waals surface area contributed by atoms with Crippen LogP contribution >= 0.6 is 15.9 Å². The Bertz CT molecular complexity index is 848. The first-order valence-electron chi connectivity index (χ1n) is 7.30. The summed E-state index contributed by atoms with van der Waals surface area (Å²) in [7, 11) is -4.02. The number of ether oxygens (including phenoxy) is 1. The van der Waals surface area contributed by atoms with Crippen LogP contribution in [0.2, 0.25) is 0 Å². The lowest BCUT2D eigenvalue weighted by Gasteiger charge is -2.20. The van der Waals surface area contributed by atoms with Crippen LogP contribution in [0.25, 0.3) is 0 Å². The van der Waals surface area contributed by atoms with Gasteiger partial charge in [-0.25, -0.2) is 17.2 Å². The largest absolute Gasteiger partial charge is 0.381 e. The predicted octanol–water partition coefficient (Wildman–Crippen LogP) is 3.75. The van der Waals surface area contributed by atoms with E-state index >= 15 is 0 Å². The number of aromatic amines is 1. The van der Waals surface area contributed by atoms with E-state index in [1.807, 2.05) is 0 Å². The van der Waals surface area contributed by atoms with Gasteiger partial charge in [0.05, 0.1) is 10.2 Å². The predicted molar refractivity (Wildman–Crippen MR) is 88.5 cm³/mol. The zero-order valence-electron chi connectivity index (χ0n) is 12.5. The first-order chi connectivity index (χ1) is 11.4. The summed E-state index contributed by atoms with van der Waals surface area (Å²) in [5.41, 5.74) is 0.352. The lowest BCUT2D eigenvalue weighted by atomic mass is 9.97. The number of hydrogen-bond donors (Lipinski definition) is 2. The third kappa shape index (κ3) is 3.62. The van der Waals surface area contributed by atoms with Crippen LogP contribution in [0.15, 0.2) is 33.8 Å². The standard InChI is InChI=1S/C15H15BrF2N2O3S/c16-11-6-13(18)15(7-12(11)17)20-24(21,22)10-5-14(19-8-10)9-1-3-23-4-2-9/h5-9,19-20H,1-4H2. The van der Waals surface area contributed by atoms with E-state index in [-0.39, 0.29) is 15.3 Å². The molecule has 9 heteroatoms. The molecule has 2 aromatic rings. The van der Waals surface area contributed by atoms with Gasteiger partial charge in [0.25, 0.3) is 10.0 Å².